The first-order chi connectivity index (χ1) is 13.6. The van der Waals surface area contributed by atoms with Crippen molar-refractivity contribution in [3.8, 4) is 5.75 Å². The van der Waals surface area contributed by atoms with Crippen LogP contribution in [0.1, 0.15) is 36.0 Å². The third kappa shape index (κ3) is 3.17. The molecule has 0 spiro atoms. The molecule has 1 amide bonds. The van der Waals surface area contributed by atoms with E-state index >= 15 is 0 Å². The predicted molar refractivity (Wildman–Crippen MR) is 110 cm³/mol. The Bertz CT molecular complexity index is 1010. The molecule has 1 aliphatic rings. The van der Waals surface area contributed by atoms with Crippen LogP contribution in [0.2, 0.25) is 0 Å². The van der Waals surface area contributed by atoms with Crippen molar-refractivity contribution in [1.82, 2.24) is 14.8 Å². The summed E-state index contributed by atoms with van der Waals surface area (Å²) in [7, 11) is 5.47. The first-order valence-electron chi connectivity index (χ1n) is 9.58. The monoisotopic (exact) mass is 379 g/mol. The molecule has 0 atom stereocenters. The Hall–Kier alpha value is -3.09. The van der Waals surface area contributed by atoms with Crippen LogP contribution in [0.4, 0.5) is 11.4 Å². The highest BCUT2D eigenvalue weighted by molar-refractivity contribution is 6.10. The molecule has 0 aliphatic heterocycles. The molecule has 3 aromatic rings. The summed E-state index contributed by atoms with van der Waals surface area (Å²) in [6.45, 7) is 0. The van der Waals surface area contributed by atoms with Gasteiger partial charge in [0, 0.05) is 26.3 Å². The Balaban J connectivity index is 1.65. The fourth-order valence-electron chi connectivity index (χ4n) is 4.02. The number of rotatable bonds is 5. The molecule has 2 heterocycles. The van der Waals surface area contributed by atoms with Crippen molar-refractivity contribution in [2.24, 2.45) is 7.05 Å². The van der Waals surface area contributed by atoms with Crippen molar-refractivity contribution in [3.05, 3.63) is 42.2 Å². The van der Waals surface area contributed by atoms with E-state index in [4.69, 9.17) is 4.74 Å². The highest BCUT2D eigenvalue weighted by Gasteiger charge is 2.23. The molecule has 1 saturated carbocycles. The lowest BCUT2D eigenvalue weighted by molar-refractivity contribution is 0.102. The standard InChI is InChI=1S/C21H25N5O2/c1-25(14-8-4-5-9-14)18-11-7-6-10-17(18)24-21(27)16-12-22-20-15(19(16)28-3)13-23-26(20)2/h6-7,10-14H,4-5,8-9H2,1-3H3,(H,24,27). The van der Waals surface area contributed by atoms with E-state index in [2.05, 4.69) is 27.3 Å². The summed E-state index contributed by atoms with van der Waals surface area (Å²) < 4.78 is 7.18. The van der Waals surface area contributed by atoms with Gasteiger partial charge in [-0.05, 0) is 25.0 Å². The van der Waals surface area contributed by atoms with Crippen LogP contribution in [0.3, 0.4) is 0 Å². The zero-order valence-electron chi connectivity index (χ0n) is 16.5. The molecule has 146 valence electrons. The number of methoxy groups -OCH3 is 1. The third-order valence-electron chi connectivity index (χ3n) is 5.57. The summed E-state index contributed by atoms with van der Waals surface area (Å²) in [5.74, 6) is 0.236. The second-order valence-corrected chi connectivity index (χ2v) is 7.23. The molecular formula is C21H25N5O2. The Kier molecular flexibility index (Phi) is 4.90. The van der Waals surface area contributed by atoms with E-state index in [1.165, 1.54) is 25.7 Å². The smallest absolute Gasteiger partial charge is 0.261 e. The van der Waals surface area contributed by atoms with Crippen LogP contribution in [0, 0.1) is 0 Å². The Labute approximate surface area is 164 Å². The van der Waals surface area contributed by atoms with Gasteiger partial charge in [-0.2, -0.15) is 5.10 Å². The van der Waals surface area contributed by atoms with E-state index in [9.17, 15) is 4.79 Å². The van der Waals surface area contributed by atoms with Gasteiger partial charge >= 0.3 is 0 Å². The quantitative estimate of drug-likeness (QED) is 0.733. The summed E-state index contributed by atoms with van der Waals surface area (Å²) in [6.07, 6.45) is 8.11. The van der Waals surface area contributed by atoms with Crippen LogP contribution in [0.25, 0.3) is 11.0 Å². The van der Waals surface area contributed by atoms with Gasteiger partial charge in [-0.25, -0.2) is 4.98 Å². The zero-order chi connectivity index (χ0) is 19.7. The van der Waals surface area contributed by atoms with Crippen molar-refractivity contribution >= 4 is 28.3 Å². The molecule has 0 radical (unpaired) electrons. The molecule has 0 saturated heterocycles. The van der Waals surface area contributed by atoms with E-state index < -0.39 is 0 Å². The average Bonchev–Trinajstić information content (AvgIpc) is 3.37. The third-order valence-corrected chi connectivity index (χ3v) is 5.57. The predicted octanol–water partition coefficient (Wildman–Crippen LogP) is 3.61. The van der Waals surface area contributed by atoms with Crippen molar-refractivity contribution < 1.29 is 9.53 Å². The van der Waals surface area contributed by atoms with E-state index in [-0.39, 0.29) is 5.91 Å². The summed E-state index contributed by atoms with van der Waals surface area (Å²) in [6, 6.07) is 8.43. The summed E-state index contributed by atoms with van der Waals surface area (Å²) >= 11 is 0. The number of nitrogens with zero attached hydrogens (tertiary/aromatic N) is 4. The molecular weight excluding hydrogens is 354 g/mol. The molecule has 0 bridgehead atoms. The molecule has 7 heteroatoms. The maximum Gasteiger partial charge on any atom is 0.261 e. The number of pyridine rings is 1. The SMILES string of the molecule is COc1c(C(=O)Nc2ccccc2N(C)C2CCCC2)cnc2c1cnn2C. The van der Waals surface area contributed by atoms with Gasteiger partial charge in [0.05, 0.1) is 30.1 Å². The second kappa shape index (κ2) is 7.50. The van der Waals surface area contributed by atoms with E-state index in [1.54, 1.807) is 24.2 Å². The normalized spacial score (nSPS) is 14.4. The number of carbonyl (C=O) groups is 1. The van der Waals surface area contributed by atoms with Crippen LogP contribution >= 0.6 is 0 Å². The number of para-hydroxylation sites is 2. The first kappa shape index (κ1) is 18.3. The molecule has 1 aromatic carbocycles. The van der Waals surface area contributed by atoms with Crippen molar-refractivity contribution in [2.45, 2.75) is 31.7 Å². The van der Waals surface area contributed by atoms with Gasteiger partial charge in [0.15, 0.2) is 5.65 Å². The largest absolute Gasteiger partial charge is 0.495 e. The van der Waals surface area contributed by atoms with Crippen molar-refractivity contribution in [3.63, 3.8) is 0 Å². The fraction of sp³-hybridized carbons (Fsp3) is 0.381. The topological polar surface area (TPSA) is 72.3 Å². The van der Waals surface area contributed by atoms with E-state index in [0.29, 0.717) is 28.4 Å². The van der Waals surface area contributed by atoms with E-state index in [1.807, 2.05) is 31.3 Å². The van der Waals surface area contributed by atoms with Crippen molar-refractivity contribution in [1.29, 1.82) is 0 Å². The molecule has 28 heavy (non-hydrogen) atoms. The summed E-state index contributed by atoms with van der Waals surface area (Å²) in [5, 5.41) is 7.97. The number of benzene rings is 1. The van der Waals surface area contributed by atoms with Gasteiger partial charge in [0.25, 0.3) is 5.91 Å². The van der Waals surface area contributed by atoms with E-state index in [0.717, 1.165) is 11.4 Å². The van der Waals surface area contributed by atoms with Crippen LogP contribution in [-0.4, -0.2) is 40.9 Å². The Morgan fingerprint density at radius 1 is 1.25 bits per heavy atom. The van der Waals surface area contributed by atoms with Gasteiger partial charge in [-0.1, -0.05) is 25.0 Å². The average molecular weight is 379 g/mol. The highest BCUT2D eigenvalue weighted by Crippen LogP contribution is 2.33. The number of nitrogens with one attached hydrogen (secondary N) is 1. The fourth-order valence-corrected chi connectivity index (χ4v) is 4.02. The lowest BCUT2D eigenvalue weighted by atomic mass is 10.1. The van der Waals surface area contributed by atoms with Crippen LogP contribution in [0.5, 0.6) is 5.75 Å². The number of aromatic nitrogens is 3. The number of anilines is 2. The van der Waals surface area contributed by atoms with Gasteiger partial charge < -0.3 is 15.0 Å². The number of aryl methyl sites for hydroxylation is 1. The molecule has 1 N–H and O–H groups in total. The minimum Gasteiger partial charge on any atom is -0.495 e. The van der Waals surface area contributed by atoms with Crippen LogP contribution < -0.4 is 15.0 Å². The number of hydrogen-bond acceptors (Lipinski definition) is 5. The Morgan fingerprint density at radius 3 is 2.75 bits per heavy atom. The second-order valence-electron chi connectivity index (χ2n) is 7.23. The Morgan fingerprint density at radius 2 is 2.00 bits per heavy atom. The maximum absolute atomic E-state index is 13.1. The summed E-state index contributed by atoms with van der Waals surface area (Å²) in [5.41, 5.74) is 2.88. The molecule has 7 nitrogen and oxygen atoms in total. The number of ether oxygens (including phenoxy) is 1. The van der Waals surface area contributed by atoms with Crippen LogP contribution in [0.15, 0.2) is 36.7 Å². The molecule has 0 unspecified atom stereocenters. The number of amides is 1. The van der Waals surface area contributed by atoms with Gasteiger partial charge in [0.2, 0.25) is 0 Å². The van der Waals surface area contributed by atoms with Gasteiger partial charge in [-0.3, -0.25) is 9.48 Å². The maximum atomic E-state index is 13.1. The van der Waals surface area contributed by atoms with Gasteiger partial charge in [0.1, 0.15) is 11.3 Å². The molecule has 4 rings (SSSR count). The minimum absolute atomic E-state index is 0.248. The zero-order valence-corrected chi connectivity index (χ0v) is 16.5. The van der Waals surface area contributed by atoms with Crippen molar-refractivity contribution in [2.75, 3.05) is 24.4 Å². The molecule has 1 fully saturated rings. The van der Waals surface area contributed by atoms with Crippen LogP contribution in [-0.2, 0) is 7.05 Å². The van der Waals surface area contributed by atoms with Gasteiger partial charge in [-0.15, -0.1) is 0 Å². The lowest BCUT2D eigenvalue weighted by Crippen LogP contribution is -2.30. The number of carbonyl (C=O) groups excluding carboxylic acids is 1. The highest BCUT2D eigenvalue weighted by atomic mass is 16.5. The lowest BCUT2D eigenvalue weighted by Gasteiger charge is -2.28. The number of hydrogen-bond donors (Lipinski definition) is 1. The minimum atomic E-state index is -0.248. The molecule has 1 aliphatic carbocycles. The number of fused-ring (bicyclic) bond motifs is 1. The first-order valence-corrected chi connectivity index (χ1v) is 9.58. The molecule has 2 aromatic heterocycles. The summed E-state index contributed by atoms with van der Waals surface area (Å²) in [4.78, 5) is 19.7.